The van der Waals surface area contributed by atoms with Crippen LogP contribution in [0.1, 0.15) is 10.4 Å². The smallest absolute Gasteiger partial charge is 0.185 e. The zero-order valence-electron chi connectivity index (χ0n) is 8.88. The molecule has 18 heavy (non-hydrogen) atoms. The fourth-order valence-electron chi connectivity index (χ4n) is 1.28. The molecule has 0 aliphatic carbocycles. The summed E-state index contributed by atoms with van der Waals surface area (Å²) in [6, 6.07) is 5.23. The summed E-state index contributed by atoms with van der Waals surface area (Å²) in [7, 11) is 0. The molecule has 0 bridgehead atoms. The summed E-state index contributed by atoms with van der Waals surface area (Å²) in [4.78, 5) is 4.19. The predicted molar refractivity (Wildman–Crippen MR) is 65.5 cm³/mol. The average molecular weight is 286 g/mol. The Kier molecular flexibility index (Phi) is 3.75. The number of aromatic nitrogens is 1. The van der Waals surface area contributed by atoms with Crippen LogP contribution in [-0.4, -0.2) is 4.98 Å². The molecule has 0 saturated heterocycles. The molecule has 0 amide bonds. The van der Waals surface area contributed by atoms with Gasteiger partial charge in [-0.25, -0.2) is 13.8 Å². The van der Waals surface area contributed by atoms with Crippen LogP contribution in [-0.2, 0) is 6.54 Å². The highest BCUT2D eigenvalue weighted by Crippen LogP contribution is 2.26. The van der Waals surface area contributed by atoms with Gasteiger partial charge in [-0.1, -0.05) is 29.0 Å². The summed E-state index contributed by atoms with van der Waals surface area (Å²) >= 11 is 6.77. The Morgan fingerprint density at radius 1 is 1.44 bits per heavy atom. The fraction of sp³-hybridized carbons (Fsp3) is 0.0909. The van der Waals surface area contributed by atoms with Crippen molar-refractivity contribution in [1.29, 1.82) is 5.26 Å². The molecule has 1 aromatic carbocycles. The molecule has 1 N–H and O–H groups in total. The van der Waals surface area contributed by atoms with Crippen molar-refractivity contribution in [2.75, 3.05) is 5.32 Å². The van der Waals surface area contributed by atoms with Gasteiger partial charge in [0.15, 0.2) is 10.3 Å². The van der Waals surface area contributed by atoms with Crippen LogP contribution in [0.5, 0.6) is 0 Å². The Balaban J connectivity index is 2.09. The average Bonchev–Trinajstić information content (AvgIpc) is 2.69. The lowest BCUT2D eigenvalue weighted by Gasteiger charge is -2.04. The fourth-order valence-corrected chi connectivity index (χ4v) is 2.22. The van der Waals surface area contributed by atoms with Crippen LogP contribution in [0, 0.1) is 23.0 Å². The molecule has 1 aromatic heterocycles. The molecule has 0 atom stereocenters. The van der Waals surface area contributed by atoms with Crippen LogP contribution in [0.3, 0.4) is 0 Å². The summed E-state index contributed by atoms with van der Waals surface area (Å²) in [5, 5.41) is 12.1. The van der Waals surface area contributed by atoms with E-state index < -0.39 is 11.6 Å². The number of nitriles is 1. The van der Waals surface area contributed by atoms with Crippen molar-refractivity contribution in [2.45, 2.75) is 6.54 Å². The van der Waals surface area contributed by atoms with Gasteiger partial charge in [-0.05, 0) is 6.07 Å². The van der Waals surface area contributed by atoms with Gasteiger partial charge in [0.25, 0.3) is 0 Å². The lowest BCUT2D eigenvalue weighted by atomic mass is 10.2. The number of thiazole rings is 1. The Bertz CT molecular complexity index is 621. The summed E-state index contributed by atoms with van der Waals surface area (Å²) in [6.45, 7) is 0.140. The third kappa shape index (κ3) is 2.75. The van der Waals surface area contributed by atoms with E-state index in [1.807, 2.05) is 6.07 Å². The Morgan fingerprint density at radius 2 is 2.22 bits per heavy atom. The molecule has 0 fully saturated rings. The van der Waals surface area contributed by atoms with E-state index in [2.05, 4.69) is 10.3 Å². The van der Waals surface area contributed by atoms with Crippen LogP contribution < -0.4 is 5.32 Å². The van der Waals surface area contributed by atoms with E-state index in [1.165, 1.54) is 12.1 Å². The van der Waals surface area contributed by atoms with E-state index in [0.717, 1.165) is 17.4 Å². The number of anilines is 1. The second kappa shape index (κ2) is 5.29. The van der Waals surface area contributed by atoms with Crippen LogP contribution in [0.15, 0.2) is 18.2 Å². The Morgan fingerprint density at radius 3 is 2.83 bits per heavy atom. The Labute approximate surface area is 111 Å². The second-order valence-electron chi connectivity index (χ2n) is 3.34. The van der Waals surface area contributed by atoms with E-state index in [9.17, 15) is 8.78 Å². The van der Waals surface area contributed by atoms with E-state index in [4.69, 9.17) is 16.9 Å². The number of hydrogen-bond acceptors (Lipinski definition) is 4. The summed E-state index contributed by atoms with van der Waals surface area (Å²) in [5.41, 5.74) is 0.307. The first kappa shape index (κ1) is 12.7. The molecule has 0 aliphatic rings. The largest absolute Gasteiger partial charge is 0.357 e. The molecule has 0 spiro atoms. The molecule has 0 radical (unpaired) electrons. The lowest BCUT2D eigenvalue weighted by molar-refractivity contribution is 0.574. The zero-order valence-corrected chi connectivity index (χ0v) is 10.4. The van der Waals surface area contributed by atoms with E-state index in [-0.39, 0.29) is 11.7 Å². The minimum Gasteiger partial charge on any atom is -0.357 e. The molecule has 0 aliphatic heterocycles. The minimum absolute atomic E-state index is 0.115. The van der Waals surface area contributed by atoms with Crippen LogP contribution in [0.4, 0.5) is 13.9 Å². The number of rotatable bonds is 3. The van der Waals surface area contributed by atoms with Crippen molar-refractivity contribution < 1.29 is 8.78 Å². The molecular weight excluding hydrogens is 280 g/mol. The van der Waals surface area contributed by atoms with Gasteiger partial charge in [0, 0.05) is 18.2 Å². The molecular formula is C11H6ClF2N3S. The first-order valence-electron chi connectivity index (χ1n) is 4.84. The van der Waals surface area contributed by atoms with Crippen LogP contribution in [0.25, 0.3) is 0 Å². The SMILES string of the molecule is N#Cc1sc(NCc2ccc(F)cc2F)nc1Cl. The number of hydrogen-bond donors (Lipinski definition) is 1. The van der Waals surface area contributed by atoms with Crippen molar-refractivity contribution in [3.05, 3.63) is 45.4 Å². The van der Waals surface area contributed by atoms with Gasteiger partial charge in [0.1, 0.15) is 22.6 Å². The van der Waals surface area contributed by atoms with Crippen LogP contribution in [0.2, 0.25) is 5.15 Å². The van der Waals surface area contributed by atoms with Gasteiger partial charge in [0.2, 0.25) is 0 Å². The van der Waals surface area contributed by atoms with Crippen molar-refractivity contribution >= 4 is 28.1 Å². The standard InChI is InChI=1S/C11H6ClF2N3S/c12-10-9(4-15)18-11(17-10)16-5-6-1-2-7(13)3-8(6)14/h1-3H,5H2,(H,16,17). The molecule has 0 unspecified atom stereocenters. The highest BCUT2D eigenvalue weighted by atomic mass is 35.5. The molecule has 92 valence electrons. The third-order valence-electron chi connectivity index (χ3n) is 2.13. The highest BCUT2D eigenvalue weighted by molar-refractivity contribution is 7.16. The van der Waals surface area contributed by atoms with Gasteiger partial charge in [-0.2, -0.15) is 5.26 Å². The zero-order chi connectivity index (χ0) is 13.1. The summed E-state index contributed by atoms with van der Waals surface area (Å²) in [5.74, 6) is -1.26. The minimum atomic E-state index is -0.634. The summed E-state index contributed by atoms with van der Waals surface area (Å²) in [6.07, 6.45) is 0. The van der Waals surface area contributed by atoms with Crippen molar-refractivity contribution in [2.24, 2.45) is 0 Å². The first-order chi connectivity index (χ1) is 8.60. The summed E-state index contributed by atoms with van der Waals surface area (Å²) < 4.78 is 26.0. The number of halogens is 3. The molecule has 2 rings (SSSR count). The van der Waals surface area contributed by atoms with Gasteiger partial charge in [-0.15, -0.1) is 0 Å². The number of benzene rings is 1. The lowest BCUT2D eigenvalue weighted by Crippen LogP contribution is -2.01. The maximum atomic E-state index is 13.3. The number of nitrogens with one attached hydrogen (secondary N) is 1. The van der Waals surface area contributed by atoms with Gasteiger partial charge >= 0.3 is 0 Å². The maximum Gasteiger partial charge on any atom is 0.185 e. The monoisotopic (exact) mass is 285 g/mol. The first-order valence-corrected chi connectivity index (χ1v) is 6.04. The molecule has 7 heteroatoms. The van der Waals surface area contributed by atoms with Gasteiger partial charge in [0.05, 0.1) is 0 Å². The quantitative estimate of drug-likeness (QED) is 0.938. The predicted octanol–water partition coefficient (Wildman–Crippen LogP) is 3.56. The van der Waals surface area contributed by atoms with Crippen molar-refractivity contribution in [3.63, 3.8) is 0 Å². The second-order valence-corrected chi connectivity index (χ2v) is 4.70. The van der Waals surface area contributed by atoms with E-state index in [0.29, 0.717) is 15.6 Å². The molecule has 2 aromatic rings. The topological polar surface area (TPSA) is 48.7 Å². The van der Waals surface area contributed by atoms with Crippen molar-refractivity contribution in [1.82, 2.24) is 4.98 Å². The normalized spacial score (nSPS) is 10.1. The maximum absolute atomic E-state index is 13.3. The third-order valence-corrected chi connectivity index (χ3v) is 3.44. The van der Waals surface area contributed by atoms with Crippen molar-refractivity contribution in [3.8, 4) is 6.07 Å². The molecule has 1 heterocycles. The van der Waals surface area contributed by atoms with Crippen LogP contribution >= 0.6 is 22.9 Å². The number of nitrogens with zero attached hydrogens (tertiary/aromatic N) is 2. The van der Waals surface area contributed by atoms with E-state index in [1.54, 1.807) is 0 Å². The van der Waals surface area contributed by atoms with Gasteiger partial charge < -0.3 is 5.32 Å². The van der Waals surface area contributed by atoms with E-state index >= 15 is 0 Å². The molecule has 0 saturated carbocycles. The van der Waals surface area contributed by atoms with Gasteiger partial charge in [-0.3, -0.25) is 0 Å². The molecule has 3 nitrogen and oxygen atoms in total. The highest BCUT2D eigenvalue weighted by Gasteiger charge is 2.09. The Hall–Kier alpha value is -1.71.